The highest BCUT2D eigenvalue weighted by Gasteiger charge is 2.28. The van der Waals surface area contributed by atoms with Gasteiger partial charge in [-0.15, -0.1) is 0 Å². The average Bonchev–Trinajstić information content (AvgIpc) is 2.60. The molecule has 1 N–H and O–H groups in total. The van der Waals surface area contributed by atoms with Gasteiger partial charge >= 0.3 is 0 Å². The van der Waals surface area contributed by atoms with Crippen LogP contribution in [0.5, 0.6) is 0 Å². The first-order chi connectivity index (χ1) is 12.1. The van der Waals surface area contributed by atoms with Crippen molar-refractivity contribution in [1.29, 1.82) is 0 Å². The first kappa shape index (κ1) is 19.6. The summed E-state index contributed by atoms with van der Waals surface area (Å²) in [4.78, 5) is 13.7. The van der Waals surface area contributed by atoms with Gasteiger partial charge in [0.15, 0.2) is 0 Å². The van der Waals surface area contributed by atoms with Gasteiger partial charge < -0.3 is 19.5 Å². The van der Waals surface area contributed by atoms with Crippen LogP contribution in [0, 0.1) is 0 Å². The molecule has 0 radical (unpaired) electrons. The third-order valence-corrected chi connectivity index (χ3v) is 4.27. The van der Waals surface area contributed by atoms with Crippen molar-refractivity contribution in [3.05, 3.63) is 48.0 Å². The number of aliphatic hydroxyl groups is 1. The van der Waals surface area contributed by atoms with Crippen LogP contribution in [0.15, 0.2) is 42.5 Å². The van der Waals surface area contributed by atoms with E-state index in [4.69, 9.17) is 9.47 Å². The monoisotopic (exact) mass is 347 g/mol. The van der Waals surface area contributed by atoms with Gasteiger partial charge in [0.25, 0.3) is 5.91 Å². The molecule has 1 amide bonds. The highest BCUT2D eigenvalue weighted by molar-refractivity contribution is 5.80. The molecule has 1 aliphatic heterocycles. The van der Waals surface area contributed by atoms with E-state index in [-0.39, 0.29) is 12.0 Å². The van der Waals surface area contributed by atoms with E-state index >= 15 is 0 Å². The van der Waals surface area contributed by atoms with E-state index in [1.54, 1.807) is 14.1 Å². The van der Waals surface area contributed by atoms with Crippen LogP contribution in [0.25, 0.3) is 0 Å². The van der Waals surface area contributed by atoms with Crippen LogP contribution in [0.1, 0.15) is 31.2 Å². The molecule has 5 nitrogen and oxygen atoms in total. The minimum Gasteiger partial charge on any atom is -0.390 e. The van der Waals surface area contributed by atoms with Crippen LogP contribution in [0.3, 0.4) is 0 Å². The van der Waals surface area contributed by atoms with Crippen molar-refractivity contribution in [2.75, 3.05) is 20.7 Å². The molecule has 2 rings (SSSR count). The smallest absolute Gasteiger partial charge is 0.251 e. The van der Waals surface area contributed by atoms with E-state index in [1.165, 1.54) is 4.90 Å². The second-order valence-electron chi connectivity index (χ2n) is 6.59. The lowest BCUT2D eigenvalue weighted by molar-refractivity contribution is -0.151. The lowest BCUT2D eigenvalue weighted by Gasteiger charge is -2.30. The summed E-state index contributed by atoms with van der Waals surface area (Å²) >= 11 is 0. The third kappa shape index (κ3) is 6.61. The van der Waals surface area contributed by atoms with Gasteiger partial charge in [-0.3, -0.25) is 4.79 Å². The summed E-state index contributed by atoms with van der Waals surface area (Å²) in [5.74, 6) is -0.0657. The minimum absolute atomic E-state index is 0.0657. The standard InChI is InChI=1S/C20H29NO4/c1-21(2)20(23)19-12-7-6-11-17(22)18(25-19)13-8-14-24-15-16-9-4-3-5-10-16/h3-7,9-10,17-19,22H,8,11-15H2,1-2H3/b7-6-/t17-,18-,19-/m0/s1. The maximum absolute atomic E-state index is 12.2. The molecule has 0 aliphatic carbocycles. The average molecular weight is 347 g/mol. The van der Waals surface area contributed by atoms with Crippen molar-refractivity contribution >= 4 is 5.91 Å². The van der Waals surface area contributed by atoms with Gasteiger partial charge in [0, 0.05) is 27.1 Å². The number of carbonyl (C=O) groups is 1. The summed E-state index contributed by atoms with van der Waals surface area (Å²) in [6.07, 6.45) is 4.92. The van der Waals surface area contributed by atoms with E-state index in [2.05, 4.69) is 0 Å². The zero-order chi connectivity index (χ0) is 18.1. The third-order valence-electron chi connectivity index (χ3n) is 4.27. The van der Waals surface area contributed by atoms with Crippen molar-refractivity contribution in [2.45, 2.75) is 50.6 Å². The van der Waals surface area contributed by atoms with Gasteiger partial charge in [-0.05, 0) is 24.8 Å². The van der Waals surface area contributed by atoms with Gasteiger partial charge in [0.05, 0.1) is 18.8 Å². The Bertz CT molecular complexity index is 544. The predicted octanol–water partition coefficient (Wildman–Crippen LogP) is 2.54. The van der Waals surface area contributed by atoms with E-state index in [1.807, 2.05) is 42.5 Å². The van der Waals surface area contributed by atoms with E-state index in [9.17, 15) is 9.90 Å². The second-order valence-corrected chi connectivity index (χ2v) is 6.59. The molecule has 1 aromatic carbocycles. The minimum atomic E-state index is -0.594. The molecule has 0 spiro atoms. The largest absolute Gasteiger partial charge is 0.390 e. The number of likely N-dealkylation sites (N-methyl/N-ethyl adjacent to an activating group) is 1. The molecule has 0 unspecified atom stereocenters. The SMILES string of the molecule is CN(C)C(=O)[C@@H]1C/C=C\C[C@H](O)[C@H](CCCOCc2ccccc2)O1. The van der Waals surface area contributed by atoms with Crippen LogP contribution < -0.4 is 0 Å². The fourth-order valence-corrected chi connectivity index (χ4v) is 2.82. The number of amides is 1. The fraction of sp³-hybridized carbons (Fsp3) is 0.550. The molecular formula is C20H29NO4. The topological polar surface area (TPSA) is 59.0 Å². The molecule has 25 heavy (non-hydrogen) atoms. The second kappa shape index (κ2) is 10.3. The van der Waals surface area contributed by atoms with E-state index in [0.29, 0.717) is 32.5 Å². The van der Waals surface area contributed by atoms with Crippen LogP contribution in [-0.2, 0) is 20.9 Å². The van der Waals surface area contributed by atoms with Gasteiger partial charge in [0.1, 0.15) is 6.10 Å². The summed E-state index contributed by atoms with van der Waals surface area (Å²) in [5, 5.41) is 10.3. The number of carbonyl (C=O) groups excluding carboxylic acids is 1. The molecule has 0 fully saturated rings. The molecule has 5 heteroatoms. The number of rotatable bonds is 7. The Morgan fingerprint density at radius 2 is 1.96 bits per heavy atom. The lowest BCUT2D eigenvalue weighted by atomic mass is 10.0. The van der Waals surface area contributed by atoms with Crippen molar-refractivity contribution in [2.24, 2.45) is 0 Å². The summed E-state index contributed by atoms with van der Waals surface area (Å²) in [7, 11) is 3.44. The van der Waals surface area contributed by atoms with Crippen LogP contribution in [-0.4, -0.2) is 54.9 Å². The molecular weight excluding hydrogens is 318 g/mol. The Balaban J connectivity index is 1.79. The highest BCUT2D eigenvalue weighted by atomic mass is 16.5. The highest BCUT2D eigenvalue weighted by Crippen LogP contribution is 2.19. The van der Waals surface area contributed by atoms with E-state index in [0.717, 1.165) is 12.0 Å². The molecule has 1 heterocycles. The van der Waals surface area contributed by atoms with Crippen LogP contribution >= 0.6 is 0 Å². The molecule has 1 aromatic rings. The Labute approximate surface area is 150 Å². The van der Waals surface area contributed by atoms with Gasteiger partial charge in [0.2, 0.25) is 0 Å². The molecule has 0 bridgehead atoms. The molecule has 0 aromatic heterocycles. The molecule has 138 valence electrons. The van der Waals surface area contributed by atoms with Crippen LogP contribution in [0.4, 0.5) is 0 Å². The molecule has 1 aliphatic rings. The summed E-state index contributed by atoms with van der Waals surface area (Å²) in [6.45, 7) is 1.18. The van der Waals surface area contributed by atoms with Gasteiger partial charge in [-0.2, -0.15) is 0 Å². The number of ether oxygens (including phenoxy) is 2. The molecule has 0 saturated heterocycles. The zero-order valence-electron chi connectivity index (χ0n) is 15.1. The van der Waals surface area contributed by atoms with Crippen molar-refractivity contribution in [1.82, 2.24) is 4.90 Å². The maximum atomic E-state index is 12.2. The fourth-order valence-electron chi connectivity index (χ4n) is 2.82. The Hall–Kier alpha value is -1.69. The molecule has 0 saturated carbocycles. The van der Waals surface area contributed by atoms with Gasteiger partial charge in [-0.1, -0.05) is 42.5 Å². The molecule has 3 atom stereocenters. The van der Waals surface area contributed by atoms with E-state index < -0.39 is 12.2 Å². The van der Waals surface area contributed by atoms with Crippen molar-refractivity contribution in [3.8, 4) is 0 Å². The normalized spacial score (nSPS) is 25.0. The first-order valence-electron chi connectivity index (χ1n) is 8.89. The summed E-state index contributed by atoms with van der Waals surface area (Å²) in [5.41, 5.74) is 1.14. The quantitative estimate of drug-likeness (QED) is 0.608. The predicted molar refractivity (Wildman–Crippen MR) is 97.1 cm³/mol. The number of hydrogen-bond donors (Lipinski definition) is 1. The number of aliphatic hydroxyl groups excluding tert-OH is 1. The van der Waals surface area contributed by atoms with Crippen molar-refractivity contribution in [3.63, 3.8) is 0 Å². The Morgan fingerprint density at radius 1 is 1.24 bits per heavy atom. The Kier molecular flexibility index (Phi) is 8.12. The zero-order valence-corrected chi connectivity index (χ0v) is 15.1. The lowest BCUT2D eigenvalue weighted by Crippen LogP contribution is -2.41. The van der Waals surface area contributed by atoms with Crippen molar-refractivity contribution < 1.29 is 19.4 Å². The number of hydrogen-bond acceptors (Lipinski definition) is 4. The summed E-state index contributed by atoms with van der Waals surface area (Å²) in [6, 6.07) is 10.0. The number of nitrogens with zero attached hydrogens (tertiary/aromatic N) is 1. The number of benzene rings is 1. The first-order valence-corrected chi connectivity index (χ1v) is 8.89. The van der Waals surface area contributed by atoms with Crippen LogP contribution in [0.2, 0.25) is 0 Å². The summed E-state index contributed by atoms with van der Waals surface area (Å²) < 4.78 is 11.6. The van der Waals surface area contributed by atoms with Gasteiger partial charge in [-0.25, -0.2) is 0 Å². The maximum Gasteiger partial charge on any atom is 0.251 e. The Morgan fingerprint density at radius 3 is 2.68 bits per heavy atom.